The van der Waals surface area contributed by atoms with E-state index >= 15 is 0 Å². The Labute approximate surface area is 133 Å². The number of hydrogen-bond acceptors (Lipinski definition) is 3. The lowest BCUT2D eigenvalue weighted by Crippen LogP contribution is -2.30. The van der Waals surface area contributed by atoms with Gasteiger partial charge in [-0.05, 0) is 37.5 Å². The maximum Gasteiger partial charge on any atom is 0.0944 e. The molecular formula is C18H28N2S. The molecule has 2 nitrogen and oxygen atoms in total. The molecule has 116 valence electrons. The van der Waals surface area contributed by atoms with Crippen molar-refractivity contribution in [2.24, 2.45) is 17.3 Å². The molecule has 1 aromatic rings. The third-order valence-corrected chi connectivity index (χ3v) is 5.83. The first-order valence-electron chi connectivity index (χ1n) is 8.12. The number of nitrogens with zero attached hydrogens (tertiary/aromatic N) is 2. The Hall–Kier alpha value is -0.880. The van der Waals surface area contributed by atoms with E-state index in [2.05, 4.69) is 46.1 Å². The Bertz CT molecular complexity index is 508. The van der Waals surface area contributed by atoms with Crippen molar-refractivity contribution in [2.75, 3.05) is 0 Å². The van der Waals surface area contributed by atoms with Crippen molar-refractivity contribution >= 4 is 11.3 Å². The fourth-order valence-electron chi connectivity index (χ4n) is 3.21. The minimum absolute atomic E-state index is 0.101. The van der Waals surface area contributed by atoms with Gasteiger partial charge in [0, 0.05) is 17.2 Å². The van der Waals surface area contributed by atoms with Crippen molar-refractivity contribution in [3.8, 4) is 6.07 Å². The molecule has 2 rings (SSSR count). The van der Waals surface area contributed by atoms with Gasteiger partial charge in [0.05, 0.1) is 22.2 Å². The normalized spacial score (nSPS) is 26.8. The van der Waals surface area contributed by atoms with E-state index in [1.807, 2.05) is 0 Å². The molecule has 0 bridgehead atoms. The molecule has 1 heterocycles. The van der Waals surface area contributed by atoms with Crippen LogP contribution in [0.5, 0.6) is 0 Å². The Balaban J connectivity index is 2.07. The molecule has 1 fully saturated rings. The van der Waals surface area contributed by atoms with Gasteiger partial charge in [0.25, 0.3) is 0 Å². The molecule has 0 unspecified atom stereocenters. The van der Waals surface area contributed by atoms with Gasteiger partial charge < -0.3 is 0 Å². The van der Waals surface area contributed by atoms with Gasteiger partial charge in [-0.2, -0.15) is 5.26 Å². The maximum absolute atomic E-state index is 9.72. The van der Waals surface area contributed by atoms with Crippen LogP contribution in [0.4, 0.5) is 0 Å². The predicted molar refractivity (Wildman–Crippen MR) is 89.4 cm³/mol. The summed E-state index contributed by atoms with van der Waals surface area (Å²) in [7, 11) is 0. The summed E-state index contributed by atoms with van der Waals surface area (Å²) in [6.45, 7) is 11.2. The van der Waals surface area contributed by atoms with Crippen molar-refractivity contribution in [1.29, 1.82) is 5.26 Å². The molecule has 0 aromatic carbocycles. The fraction of sp³-hybridized carbons (Fsp3) is 0.778. The zero-order valence-electron chi connectivity index (χ0n) is 14.1. The predicted octanol–water partition coefficient (Wildman–Crippen LogP) is 5.34. The molecule has 0 amide bonds. The minimum Gasteiger partial charge on any atom is -0.246 e. The molecule has 0 radical (unpaired) electrons. The molecule has 0 aliphatic heterocycles. The van der Waals surface area contributed by atoms with Gasteiger partial charge in [0.1, 0.15) is 0 Å². The highest BCUT2D eigenvalue weighted by atomic mass is 32.1. The number of aromatic nitrogens is 1. The van der Waals surface area contributed by atoms with E-state index in [4.69, 9.17) is 4.98 Å². The van der Waals surface area contributed by atoms with Crippen LogP contribution in [0.2, 0.25) is 0 Å². The zero-order chi connectivity index (χ0) is 15.7. The van der Waals surface area contributed by atoms with E-state index in [0.717, 1.165) is 41.8 Å². The van der Waals surface area contributed by atoms with E-state index in [0.29, 0.717) is 0 Å². The minimum atomic E-state index is -0.168. The van der Waals surface area contributed by atoms with Gasteiger partial charge >= 0.3 is 0 Å². The van der Waals surface area contributed by atoms with E-state index in [9.17, 15) is 5.26 Å². The lowest BCUT2D eigenvalue weighted by molar-refractivity contribution is 0.174. The summed E-state index contributed by atoms with van der Waals surface area (Å²) in [5, 5.41) is 13.0. The molecule has 1 saturated carbocycles. The summed E-state index contributed by atoms with van der Waals surface area (Å²) in [4.78, 5) is 4.79. The average molecular weight is 305 g/mol. The van der Waals surface area contributed by atoms with E-state index in [1.165, 1.54) is 12.8 Å². The van der Waals surface area contributed by atoms with Crippen molar-refractivity contribution in [3.05, 3.63) is 16.1 Å². The third kappa shape index (κ3) is 3.86. The monoisotopic (exact) mass is 304 g/mol. The smallest absolute Gasteiger partial charge is 0.0944 e. The number of thiazole rings is 1. The third-order valence-electron chi connectivity index (χ3n) is 4.98. The molecule has 0 spiro atoms. The Morgan fingerprint density at radius 1 is 1.38 bits per heavy atom. The number of nitriles is 1. The van der Waals surface area contributed by atoms with Crippen molar-refractivity contribution < 1.29 is 0 Å². The quantitative estimate of drug-likeness (QED) is 0.755. The molecule has 0 saturated heterocycles. The lowest BCUT2D eigenvalue weighted by Gasteiger charge is -2.36. The summed E-state index contributed by atoms with van der Waals surface area (Å²) in [6, 6.07) is 2.64. The van der Waals surface area contributed by atoms with Crippen LogP contribution >= 0.6 is 11.3 Å². The topological polar surface area (TPSA) is 36.7 Å². The van der Waals surface area contributed by atoms with Crippen LogP contribution < -0.4 is 0 Å². The fourth-order valence-corrected chi connectivity index (χ4v) is 4.38. The van der Waals surface area contributed by atoms with Gasteiger partial charge in [-0.25, -0.2) is 4.98 Å². The second-order valence-corrected chi connectivity index (χ2v) is 8.97. The maximum atomic E-state index is 9.72. The van der Waals surface area contributed by atoms with Crippen LogP contribution in [0.3, 0.4) is 0 Å². The second kappa shape index (κ2) is 6.08. The number of hydrogen-bond donors (Lipinski definition) is 0. The van der Waals surface area contributed by atoms with E-state index < -0.39 is 0 Å². The van der Waals surface area contributed by atoms with Crippen LogP contribution in [0.15, 0.2) is 5.38 Å². The molecule has 0 atom stereocenters. The summed E-state index contributed by atoms with van der Waals surface area (Å²) in [6.07, 6.45) is 5.31. The first-order valence-corrected chi connectivity index (χ1v) is 9.00. The highest BCUT2D eigenvalue weighted by Gasteiger charge is 2.37. The van der Waals surface area contributed by atoms with Crippen LogP contribution in [0.1, 0.15) is 71.0 Å². The molecule has 1 aromatic heterocycles. The van der Waals surface area contributed by atoms with Crippen molar-refractivity contribution in [1.82, 2.24) is 4.98 Å². The highest BCUT2D eigenvalue weighted by Crippen LogP contribution is 2.43. The van der Waals surface area contributed by atoms with Crippen LogP contribution in [0, 0.1) is 28.6 Å². The van der Waals surface area contributed by atoms with E-state index in [1.54, 1.807) is 11.3 Å². The highest BCUT2D eigenvalue weighted by molar-refractivity contribution is 7.09. The summed E-state index contributed by atoms with van der Waals surface area (Å²) < 4.78 is 0. The summed E-state index contributed by atoms with van der Waals surface area (Å²) in [5.74, 6) is 1.54. The van der Waals surface area contributed by atoms with E-state index in [-0.39, 0.29) is 10.8 Å². The number of rotatable bonds is 3. The standard InChI is InChI=1S/C18H28N2S/c1-13(2)14-6-8-18(12-19,9-7-14)10-16-20-15(11-21-16)17(3,4)5/h11,13-14H,6-10H2,1-5H3. The largest absolute Gasteiger partial charge is 0.246 e. The van der Waals surface area contributed by atoms with Gasteiger partial charge in [0.15, 0.2) is 0 Å². The Morgan fingerprint density at radius 2 is 2.00 bits per heavy atom. The molecule has 0 N–H and O–H groups in total. The SMILES string of the molecule is CC(C)C1CCC(C#N)(Cc2nc(C(C)(C)C)cs2)CC1. The van der Waals surface area contributed by atoms with Crippen LogP contribution in [0.25, 0.3) is 0 Å². The summed E-state index contributed by atoms with van der Waals surface area (Å²) >= 11 is 1.73. The molecule has 3 heteroatoms. The van der Waals surface area contributed by atoms with Gasteiger partial charge in [-0.3, -0.25) is 0 Å². The van der Waals surface area contributed by atoms with Crippen molar-refractivity contribution in [2.45, 2.75) is 72.1 Å². The lowest BCUT2D eigenvalue weighted by atomic mass is 9.67. The summed E-state index contributed by atoms with van der Waals surface area (Å²) in [5.41, 5.74) is 1.09. The van der Waals surface area contributed by atoms with Crippen molar-refractivity contribution in [3.63, 3.8) is 0 Å². The van der Waals surface area contributed by atoms with Gasteiger partial charge in [-0.1, -0.05) is 34.6 Å². The van der Waals surface area contributed by atoms with Crippen LogP contribution in [-0.2, 0) is 11.8 Å². The van der Waals surface area contributed by atoms with Gasteiger partial charge in [0.2, 0.25) is 0 Å². The first-order chi connectivity index (χ1) is 9.76. The Morgan fingerprint density at radius 3 is 2.43 bits per heavy atom. The zero-order valence-corrected chi connectivity index (χ0v) is 14.9. The molecule has 1 aliphatic carbocycles. The molecule has 1 aliphatic rings. The first kappa shape index (κ1) is 16.5. The molecule has 21 heavy (non-hydrogen) atoms. The Kier molecular flexibility index (Phi) is 4.78. The second-order valence-electron chi connectivity index (χ2n) is 8.03. The van der Waals surface area contributed by atoms with Crippen LogP contribution in [-0.4, -0.2) is 4.98 Å². The average Bonchev–Trinajstić information content (AvgIpc) is 2.87. The van der Waals surface area contributed by atoms with Gasteiger partial charge in [-0.15, -0.1) is 11.3 Å². The molecular weight excluding hydrogens is 276 g/mol.